The predicted octanol–water partition coefficient (Wildman–Crippen LogP) is 0.466. The number of hydrogen-bond donors (Lipinski definition) is 2. The lowest BCUT2D eigenvalue weighted by Crippen LogP contribution is -2.46. The van der Waals surface area contributed by atoms with Crippen molar-refractivity contribution in [3.63, 3.8) is 0 Å². The average molecular weight is 301 g/mol. The smallest absolute Gasteiger partial charge is 0.260 e. The standard InChI is InChI=1S/C16H23N5O/c1-6-16(7-8-17-11-16)20(5)12(2)9-13(3)21-10-15(22)19-18-14(21)4/h1,9,17H,2,7-8,10-11H2,3-5H3,(H,19,22). The van der Waals surface area contributed by atoms with Gasteiger partial charge >= 0.3 is 0 Å². The van der Waals surface area contributed by atoms with Crippen molar-refractivity contribution in [1.29, 1.82) is 0 Å². The van der Waals surface area contributed by atoms with Crippen LogP contribution in [0.15, 0.2) is 29.2 Å². The number of amides is 1. The lowest BCUT2D eigenvalue weighted by molar-refractivity contribution is -0.121. The van der Waals surface area contributed by atoms with Crippen LogP contribution in [0, 0.1) is 12.3 Å². The van der Waals surface area contributed by atoms with E-state index in [-0.39, 0.29) is 18.0 Å². The third-order valence-corrected chi connectivity index (χ3v) is 4.31. The second-order valence-electron chi connectivity index (χ2n) is 5.72. The summed E-state index contributed by atoms with van der Waals surface area (Å²) in [4.78, 5) is 15.4. The van der Waals surface area contributed by atoms with Crippen LogP contribution in [0.3, 0.4) is 0 Å². The highest BCUT2D eigenvalue weighted by molar-refractivity contribution is 5.91. The molecule has 0 bridgehead atoms. The third kappa shape index (κ3) is 3.00. The maximum Gasteiger partial charge on any atom is 0.260 e. The molecule has 2 heterocycles. The molecule has 0 aromatic carbocycles. The number of hydrazone groups is 1. The monoisotopic (exact) mass is 301 g/mol. The first-order valence-corrected chi connectivity index (χ1v) is 7.30. The highest BCUT2D eigenvalue weighted by atomic mass is 16.2. The predicted molar refractivity (Wildman–Crippen MR) is 87.7 cm³/mol. The Hall–Kier alpha value is -2.26. The van der Waals surface area contributed by atoms with Gasteiger partial charge in [0.1, 0.15) is 17.9 Å². The summed E-state index contributed by atoms with van der Waals surface area (Å²) in [6.45, 7) is 9.84. The molecule has 0 aromatic rings. The van der Waals surface area contributed by atoms with Gasteiger partial charge in [-0.1, -0.05) is 12.5 Å². The maximum absolute atomic E-state index is 11.5. The second kappa shape index (κ2) is 6.24. The van der Waals surface area contributed by atoms with Crippen LogP contribution in [-0.2, 0) is 4.79 Å². The Morgan fingerprint density at radius 2 is 2.36 bits per heavy atom. The van der Waals surface area contributed by atoms with Gasteiger partial charge in [0, 0.05) is 25.0 Å². The maximum atomic E-state index is 11.5. The van der Waals surface area contributed by atoms with E-state index in [1.165, 1.54) is 0 Å². The van der Waals surface area contributed by atoms with Crippen molar-refractivity contribution in [1.82, 2.24) is 20.5 Å². The van der Waals surface area contributed by atoms with E-state index >= 15 is 0 Å². The first-order chi connectivity index (χ1) is 10.4. The number of nitrogens with zero attached hydrogens (tertiary/aromatic N) is 3. The van der Waals surface area contributed by atoms with Gasteiger partial charge in [0.2, 0.25) is 0 Å². The molecule has 2 rings (SSSR count). The lowest BCUT2D eigenvalue weighted by Gasteiger charge is -2.36. The van der Waals surface area contributed by atoms with E-state index in [2.05, 4.69) is 28.3 Å². The van der Waals surface area contributed by atoms with Crippen molar-refractivity contribution in [2.45, 2.75) is 25.8 Å². The molecule has 1 unspecified atom stereocenters. The van der Waals surface area contributed by atoms with Gasteiger partial charge in [0.05, 0.1) is 0 Å². The Balaban J connectivity index is 2.16. The van der Waals surface area contributed by atoms with Crippen LogP contribution in [0.5, 0.6) is 0 Å². The van der Waals surface area contributed by atoms with Crippen molar-refractivity contribution < 1.29 is 4.79 Å². The molecule has 1 amide bonds. The van der Waals surface area contributed by atoms with Crippen LogP contribution in [0.2, 0.25) is 0 Å². The van der Waals surface area contributed by atoms with Crippen LogP contribution < -0.4 is 10.7 Å². The topological polar surface area (TPSA) is 60.0 Å². The van der Waals surface area contributed by atoms with Gasteiger partial charge in [-0.05, 0) is 32.9 Å². The van der Waals surface area contributed by atoms with E-state index < -0.39 is 0 Å². The second-order valence-corrected chi connectivity index (χ2v) is 5.72. The van der Waals surface area contributed by atoms with E-state index in [0.717, 1.165) is 36.7 Å². The number of carbonyl (C=O) groups excluding carboxylic acids is 1. The van der Waals surface area contributed by atoms with Crippen molar-refractivity contribution in [2.24, 2.45) is 5.10 Å². The van der Waals surface area contributed by atoms with E-state index in [1.807, 2.05) is 36.8 Å². The van der Waals surface area contributed by atoms with Gasteiger partial charge < -0.3 is 15.1 Å². The number of hydrogen-bond acceptors (Lipinski definition) is 5. The number of likely N-dealkylation sites (N-methyl/N-ethyl adjacent to an activating group) is 1. The van der Waals surface area contributed by atoms with Crippen LogP contribution in [0.25, 0.3) is 0 Å². The minimum absolute atomic E-state index is 0.127. The summed E-state index contributed by atoms with van der Waals surface area (Å²) in [7, 11) is 1.96. The van der Waals surface area contributed by atoms with E-state index in [4.69, 9.17) is 6.42 Å². The van der Waals surface area contributed by atoms with Gasteiger partial charge in [-0.15, -0.1) is 6.42 Å². The molecule has 6 heteroatoms. The summed E-state index contributed by atoms with van der Waals surface area (Å²) in [5.74, 6) is 3.52. The van der Waals surface area contributed by atoms with Crippen molar-refractivity contribution in [3.05, 3.63) is 24.0 Å². The molecular weight excluding hydrogens is 278 g/mol. The van der Waals surface area contributed by atoms with Gasteiger partial charge in [0.15, 0.2) is 0 Å². The fourth-order valence-corrected chi connectivity index (χ4v) is 2.75. The molecule has 2 aliphatic heterocycles. The van der Waals surface area contributed by atoms with Crippen LogP contribution in [-0.4, -0.2) is 53.8 Å². The van der Waals surface area contributed by atoms with Crippen LogP contribution in [0.4, 0.5) is 0 Å². The quantitative estimate of drug-likeness (QED) is 0.585. The van der Waals surface area contributed by atoms with E-state index in [0.29, 0.717) is 0 Å². The Kier molecular flexibility index (Phi) is 4.57. The molecule has 0 aliphatic carbocycles. The highest BCUT2D eigenvalue weighted by Crippen LogP contribution is 2.25. The van der Waals surface area contributed by atoms with Gasteiger partial charge in [-0.3, -0.25) is 4.79 Å². The van der Waals surface area contributed by atoms with Gasteiger partial charge in [-0.2, -0.15) is 5.10 Å². The summed E-state index contributed by atoms with van der Waals surface area (Å²) in [5.41, 5.74) is 3.85. The minimum Gasteiger partial charge on any atom is -0.357 e. The molecular formula is C16H23N5O. The summed E-state index contributed by atoms with van der Waals surface area (Å²) >= 11 is 0. The minimum atomic E-state index is -0.337. The molecule has 0 saturated carbocycles. The first kappa shape index (κ1) is 16.1. The van der Waals surface area contributed by atoms with Crippen molar-refractivity contribution >= 4 is 11.7 Å². The number of rotatable bonds is 4. The molecule has 1 fully saturated rings. The number of terminal acetylenes is 1. The SMILES string of the molecule is C#CC1(N(C)C(=C)C=C(C)N2CC(=O)NN=C2C)CCNC1. The molecule has 2 N–H and O–H groups in total. The zero-order valence-corrected chi connectivity index (χ0v) is 13.4. The van der Waals surface area contributed by atoms with Gasteiger partial charge in [-0.25, -0.2) is 5.43 Å². The van der Waals surface area contributed by atoms with Crippen LogP contribution >= 0.6 is 0 Å². The Labute approximate surface area is 131 Å². The zero-order valence-electron chi connectivity index (χ0n) is 13.4. The summed E-state index contributed by atoms with van der Waals surface area (Å²) in [5, 5.41) is 7.29. The molecule has 118 valence electrons. The molecule has 6 nitrogen and oxygen atoms in total. The third-order valence-electron chi connectivity index (χ3n) is 4.31. The molecule has 0 radical (unpaired) electrons. The highest BCUT2D eigenvalue weighted by Gasteiger charge is 2.36. The largest absolute Gasteiger partial charge is 0.357 e. The zero-order chi connectivity index (χ0) is 16.3. The molecule has 0 spiro atoms. The fourth-order valence-electron chi connectivity index (χ4n) is 2.75. The van der Waals surface area contributed by atoms with E-state index in [1.54, 1.807) is 0 Å². The summed E-state index contributed by atoms with van der Waals surface area (Å²) < 4.78 is 0. The molecule has 1 atom stereocenters. The number of allylic oxidation sites excluding steroid dienone is 2. The Morgan fingerprint density at radius 3 is 2.95 bits per heavy atom. The normalized spacial score (nSPS) is 25.4. The van der Waals surface area contributed by atoms with Crippen molar-refractivity contribution in [3.8, 4) is 12.3 Å². The van der Waals surface area contributed by atoms with E-state index in [9.17, 15) is 4.79 Å². The molecule has 0 aromatic heterocycles. The van der Waals surface area contributed by atoms with Gasteiger partial charge in [0.25, 0.3) is 5.91 Å². The average Bonchev–Trinajstić information content (AvgIpc) is 2.98. The Morgan fingerprint density at radius 1 is 1.64 bits per heavy atom. The number of amidine groups is 1. The number of nitrogens with one attached hydrogen (secondary N) is 2. The fraction of sp³-hybridized carbons (Fsp3) is 0.500. The van der Waals surface area contributed by atoms with Crippen molar-refractivity contribution in [2.75, 3.05) is 26.7 Å². The Bertz CT molecular complexity index is 578. The summed E-state index contributed by atoms with van der Waals surface area (Å²) in [6, 6.07) is 0. The van der Waals surface area contributed by atoms with Crippen LogP contribution in [0.1, 0.15) is 20.3 Å². The lowest BCUT2D eigenvalue weighted by atomic mass is 9.97. The molecule has 2 aliphatic rings. The number of carbonyl (C=O) groups is 1. The summed E-state index contributed by atoms with van der Waals surface area (Å²) in [6.07, 6.45) is 8.57. The molecule has 22 heavy (non-hydrogen) atoms. The first-order valence-electron chi connectivity index (χ1n) is 7.30. The molecule has 1 saturated heterocycles.